The standard InChI is InChI=1S/C17H16ClN5O/c1-17(2,3)13-16(24)23-15(12(9-19)14(18)21-23)22(20-13)10-11-7-5-4-6-8-11/h4-8H,10H2,1-3H3. The van der Waals surface area contributed by atoms with Crippen molar-refractivity contribution in [3.05, 3.63) is 62.7 Å². The van der Waals surface area contributed by atoms with Gasteiger partial charge in [0.05, 0.1) is 6.54 Å². The van der Waals surface area contributed by atoms with E-state index in [0.29, 0.717) is 17.9 Å². The van der Waals surface area contributed by atoms with Crippen molar-refractivity contribution in [2.75, 3.05) is 0 Å². The van der Waals surface area contributed by atoms with Crippen LogP contribution < -0.4 is 5.56 Å². The molecule has 3 aromatic rings. The Morgan fingerprint density at radius 3 is 2.46 bits per heavy atom. The minimum atomic E-state index is -0.463. The first-order valence-corrected chi connectivity index (χ1v) is 7.84. The predicted octanol–water partition coefficient (Wildman–Crippen LogP) is 2.76. The molecule has 6 nitrogen and oxygen atoms in total. The second kappa shape index (κ2) is 5.77. The lowest BCUT2D eigenvalue weighted by Crippen LogP contribution is -2.33. The summed E-state index contributed by atoms with van der Waals surface area (Å²) in [6, 6.07) is 11.7. The van der Waals surface area contributed by atoms with Gasteiger partial charge in [0.15, 0.2) is 10.8 Å². The van der Waals surface area contributed by atoms with Gasteiger partial charge in [0.1, 0.15) is 17.3 Å². The summed E-state index contributed by atoms with van der Waals surface area (Å²) in [5.41, 5.74) is 1.01. The van der Waals surface area contributed by atoms with E-state index in [1.807, 2.05) is 57.2 Å². The summed E-state index contributed by atoms with van der Waals surface area (Å²) in [5, 5.41) is 18.0. The lowest BCUT2D eigenvalue weighted by atomic mass is 9.93. The Hall–Kier alpha value is -2.65. The van der Waals surface area contributed by atoms with Crippen LogP contribution >= 0.6 is 11.6 Å². The Morgan fingerprint density at radius 2 is 1.88 bits per heavy atom. The maximum absolute atomic E-state index is 12.7. The Kier molecular flexibility index (Phi) is 3.90. The normalized spacial score (nSPS) is 11.6. The van der Waals surface area contributed by atoms with Crippen molar-refractivity contribution in [2.24, 2.45) is 0 Å². The third-order valence-electron chi connectivity index (χ3n) is 3.68. The molecule has 2 heterocycles. The van der Waals surface area contributed by atoms with Crippen LogP contribution in [0, 0.1) is 11.3 Å². The highest BCUT2D eigenvalue weighted by Crippen LogP contribution is 2.22. The van der Waals surface area contributed by atoms with Crippen LogP contribution in [-0.2, 0) is 12.0 Å². The molecule has 0 radical (unpaired) electrons. The van der Waals surface area contributed by atoms with Gasteiger partial charge < -0.3 is 0 Å². The molecule has 0 N–H and O–H groups in total. The zero-order valence-corrected chi connectivity index (χ0v) is 14.4. The molecule has 7 heteroatoms. The Labute approximate surface area is 143 Å². The first-order chi connectivity index (χ1) is 11.3. The summed E-state index contributed by atoms with van der Waals surface area (Å²) in [4.78, 5) is 12.7. The Balaban J connectivity index is 2.35. The minimum absolute atomic E-state index is 0.00395. The van der Waals surface area contributed by atoms with Gasteiger partial charge in [-0.1, -0.05) is 62.7 Å². The van der Waals surface area contributed by atoms with Crippen molar-refractivity contribution in [3.8, 4) is 6.07 Å². The number of nitrogens with zero attached hydrogens (tertiary/aromatic N) is 5. The van der Waals surface area contributed by atoms with Crippen LogP contribution in [0.4, 0.5) is 0 Å². The van der Waals surface area contributed by atoms with Crippen LogP contribution in [0.15, 0.2) is 35.1 Å². The fourth-order valence-corrected chi connectivity index (χ4v) is 2.71. The number of rotatable bonds is 2. The molecule has 24 heavy (non-hydrogen) atoms. The summed E-state index contributed by atoms with van der Waals surface area (Å²) in [7, 11) is 0. The highest BCUT2D eigenvalue weighted by Gasteiger charge is 2.26. The van der Waals surface area contributed by atoms with Gasteiger partial charge in [0.25, 0.3) is 5.56 Å². The zero-order valence-electron chi connectivity index (χ0n) is 13.6. The summed E-state index contributed by atoms with van der Waals surface area (Å²) in [5.74, 6) is 0. The van der Waals surface area contributed by atoms with E-state index < -0.39 is 5.41 Å². The molecular formula is C17H16ClN5O. The molecule has 0 spiro atoms. The summed E-state index contributed by atoms with van der Waals surface area (Å²) in [6.45, 7) is 6.13. The van der Waals surface area contributed by atoms with Crippen LogP contribution in [0.3, 0.4) is 0 Å². The molecule has 0 fully saturated rings. The van der Waals surface area contributed by atoms with E-state index in [4.69, 9.17) is 11.6 Å². The monoisotopic (exact) mass is 341 g/mol. The van der Waals surface area contributed by atoms with Crippen molar-refractivity contribution in [1.29, 1.82) is 5.26 Å². The van der Waals surface area contributed by atoms with E-state index >= 15 is 0 Å². The maximum atomic E-state index is 12.7. The lowest BCUT2D eigenvalue weighted by molar-refractivity contribution is 0.509. The fraction of sp³-hybridized carbons (Fsp3) is 0.294. The highest BCUT2D eigenvalue weighted by molar-refractivity contribution is 6.31. The molecule has 1 aromatic carbocycles. The van der Waals surface area contributed by atoms with Crippen LogP contribution in [0.1, 0.15) is 37.6 Å². The third-order valence-corrected chi connectivity index (χ3v) is 3.94. The fourth-order valence-electron chi connectivity index (χ4n) is 2.51. The van der Waals surface area contributed by atoms with Crippen molar-refractivity contribution in [1.82, 2.24) is 19.4 Å². The molecule has 0 saturated carbocycles. The summed E-state index contributed by atoms with van der Waals surface area (Å²) < 4.78 is 2.80. The number of hydrogen-bond acceptors (Lipinski definition) is 4. The molecule has 0 aliphatic heterocycles. The van der Waals surface area contributed by atoms with Crippen LogP contribution in [0.25, 0.3) is 5.65 Å². The Bertz CT molecular complexity index is 1010. The largest absolute Gasteiger partial charge is 0.296 e. The molecule has 0 saturated heterocycles. The minimum Gasteiger partial charge on any atom is -0.265 e. The Morgan fingerprint density at radius 1 is 1.21 bits per heavy atom. The second-order valence-electron chi connectivity index (χ2n) is 6.56. The van der Waals surface area contributed by atoms with E-state index in [2.05, 4.69) is 10.2 Å². The summed E-state index contributed by atoms with van der Waals surface area (Å²) in [6.07, 6.45) is 0. The van der Waals surface area contributed by atoms with Crippen LogP contribution in [0.2, 0.25) is 5.15 Å². The van der Waals surface area contributed by atoms with Crippen LogP contribution in [0.5, 0.6) is 0 Å². The number of fused-ring (bicyclic) bond motifs is 1. The van der Waals surface area contributed by atoms with Crippen molar-refractivity contribution < 1.29 is 0 Å². The molecule has 0 aliphatic carbocycles. The molecule has 0 aliphatic rings. The SMILES string of the molecule is CC(C)(C)c1nn(Cc2ccccc2)c2c(C#N)c(Cl)nn2c1=O. The van der Waals surface area contributed by atoms with Crippen molar-refractivity contribution in [3.63, 3.8) is 0 Å². The number of halogens is 1. The molecule has 2 aromatic heterocycles. The van der Waals surface area contributed by atoms with Gasteiger partial charge >= 0.3 is 0 Å². The van der Waals surface area contributed by atoms with Crippen LogP contribution in [-0.4, -0.2) is 19.4 Å². The number of benzene rings is 1. The predicted molar refractivity (Wildman–Crippen MR) is 91.2 cm³/mol. The second-order valence-corrected chi connectivity index (χ2v) is 6.92. The van der Waals surface area contributed by atoms with Gasteiger partial charge in [-0.3, -0.25) is 4.79 Å². The highest BCUT2D eigenvalue weighted by atomic mass is 35.5. The molecular weight excluding hydrogens is 326 g/mol. The zero-order chi connectivity index (χ0) is 17.5. The quantitative estimate of drug-likeness (QED) is 0.718. The topological polar surface area (TPSA) is 76.0 Å². The van der Waals surface area contributed by atoms with Gasteiger partial charge in [-0.2, -0.15) is 14.9 Å². The van der Waals surface area contributed by atoms with E-state index in [1.54, 1.807) is 4.68 Å². The third kappa shape index (κ3) is 2.68. The molecule has 0 bridgehead atoms. The smallest absolute Gasteiger partial charge is 0.265 e. The molecule has 0 unspecified atom stereocenters. The van der Waals surface area contributed by atoms with Gasteiger partial charge in [0, 0.05) is 5.41 Å². The maximum Gasteiger partial charge on any atom is 0.296 e. The van der Waals surface area contributed by atoms with Gasteiger partial charge in [-0.05, 0) is 5.56 Å². The van der Waals surface area contributed by atoms with Crippen molar-refractivity contribution >= 4 is 17.2 Å². The van der Waals surface area contributed by atoms with Gasteiger partial charge in [-0.25, -0.2) is 4.68 Å². The van der Waals surface area contributed by atoms with E-state index in [-0.39, 0.29) is 16.3 Å². The van der Waals surface area contributed by atoms with Gasteiger partial charge in [-0.15, -0.1) is 5.10 Å². The van der Waals surface area contributed by atoms with E-state index in [9.17, 15) is 10.1 Å². The molecule has 122 valence electrons. The van der Waals surface area contributed by atoms with E-state index in [1.165, 1.54) is 4.52 Å². The molecule has 3 rings (SSSR count). The molecule has 0 atom stereocenters. The van der Waals surface area contributed by atoms with Crippen molar-refractivity contribution in [2.45, 2.75) is 32.7 Å². The average Bonchev–Trinajstić information content (AvgIpc) is 2.87. The lowest BCUT2D eigenvalue weighted by Gasteiger charge is -2.19. The van der Waals surface area contributed by atoms with Gasteiger partial charge in [0.2, 0.25) is 0 Å². The number of nitriles is 1. The first-order valence-electron chi connectivity index (χ1n) is 7.47. The van der Waals surface area contributed by atoms with E-state index in [0.717, 1.165) is 5.56 Å². The number of hydrogen-bond donors (Lipinski definition) is 0. The average molecular weight is 342 g/mol. The first kappa shape index (κ1) is 16.2. The molecule has 0 amide bonds. The summed E-state index contributed by atoms with van der Waals surface area (Å²) >= 11 is 6.05. The number of aromatic nitrogens is 4.